The number of para-hydroxylation sites is 2. The molecule has 0 radical (unpaired) electrons. The number of carbonyl (C=O) groups excluding carboxylic acids is 1. The SMILES string of the molecule is CC1=NN(c2ccccc2)C(=O)/C1=C/C1=Cc2ccccc2OC1. The maximum absolute atomic E-state index is 12.7. The van der Waals surface area contributed by atoms with Crippen molar-refractivity contribution in [2.45, 2.75) is 6.92 Å². The molecule has 4 heteroatoms. The highest BCUT2D eigenvalue weighted by atomic mass is 16.5. The number of amides is 1. The van der Waals surface area contributed by atoms with Crippen molar-refractivity contribution in [1.82, 2.24) is 0 Å². The van der Waals surface area contributed by atoms with Gasteiger partial charge in [-0.3, -0.25) is 4.79 Å². The third kappa shape index (κ3) is 2.52. The number of hydrazone groups is 1. The summed E-state index contributed by atoms with van der Waals surface area (Å²) in [5, 5.41) is 5.84. The van der Waals surface area contributed by atoms with Gasteiger partial charge in [-0.15, -0.1) is 0 Å². The average molecular weight is 316 g/mol. The van der Waals surface area contributed by atoms with Crippen molar-refractivity contribution in [2.24, 2.45) is 5.10 Å². The minimum atomic E-state index is -0.113. The van der Waals surface area contributed by atoms with Crippen molar-refractivity contribution in [3.63, 3.8) is 0 Å². The molecule has 1 amide bonds. The van der Waals surface area contributed by atoms with E-state index in [1.165, 1.54) is 5.01 Å². The lowest BCUT2D eigenvalue weighted by Crippen LogP contribution is -2.21. The first-order valence-electron chi connectivity index (χ1n) is 7.81. The van der Waals surface area contributed by atoms with Crippen LogP contribution in [0.15, 0.2) is 76.9 Å². The molecule has 0 fully saturated rings. The number of hydrogen-bond acceptors (Lipinski definition) is 3. The van der Waals surface area contributed by atoms with E-state index < -0.39 is 0 Å². The van der Waals surface area contributed by atoms with Crippen LogP contribution in [0.1, 0.15) is 12.5 Å². The highest BCUT2D eigenvalue weighted by Gasteiger charge is 2.29. The quantitative estimate of drug-likeness (QED) is 0.791. The fraction of sp³-hybridized carbons (Fsp3) is 0.100. The number of carbonyl (C=O) groups is 1. The number of nitrogens with zero attached hydrogens (tertiary/aromatic N) is 2. The van der Waals surface area contributed by atoms with Crippen molar-refractivity contribution in [3.05, 3.63) is 77.4 Å². The molecule has 0 bridgehead atoms. The predicted octanol–water partition coefficient (Wildman–Crippen LogP) is 3.81. The minimum Gasteiger partial charge on any atom is -0.488 e. The summed E-state index contributed by atoms with van der Waals surface area (Å²) < 4.78 is 5.75. The van der Waals surface area contributed by atoms with Gasteiger partial charge in [-0.2, -0.15) is 10.1 Å². The Morgan fingerprint density at radius 2 is 1.83 bits per heavy atom. The lowest BCUT2D eigenvalue weighted by molar-refractivity contribution is -0.114. The number of benzene rings is 2. The minimum absolute atomic E-state index is 0.113. The number of hydrogen-bond donors (Lipinski definition) is 0. The molecule has 2 aliphatic rings. The van der Waals surface area contributed by atoms with Gasteiger partial charge in [0, 0.05) is 5.56 Å². The van der Waals surface area contributed by atoms with E-state index in [4.69, 9.17) is 4.74 Å². The van der Waals surface area contributed by atoms with Crippen LogP contribution in [-0.2, 0) is 4.79 Å². The van der Waals surface area contributed by atoms with Gasteiger partial charge >= 0.3 is 0 Å². The van der Waals surface area contributed by atoms with Gasteiger partial charge in [-0.25, -0.2) is 0 Å². The average Bonchev–Trinajstić information content (AvgIpc) is 2.90. The molecular weight excluding hydrogens is 300 g/mol. The van der Waals surface area contributed by atoms with Crippen LogP contribution < -0.4 is 9.75 Å². The summed E-state index contributed by atoms with van der Waals surface area (Å²) in [6, 6.07) is 17.3. The first kappa shape index (κ1) is 14.5. The summed E-state index contributed by atoms with van der Waals surface area (Å²) in [6.45, 7) is 2.30. The maximum atomic E-state index is 12.7. The van der Waals surface area contributed by atoms with Crippen LogP contribution in [0.2, 0.25) is 0 Å². The van der Waals surface area contributed by atoms with Gasteiger partial charge in [-0.1, -0.05) is 36.4 Å². The molecule has 2 aromatic rings. The van der Waals surface area contributed by atoms with E-state index in [1.54, 1.807) is 0 Å². The Hall–Kier alpha value is -3.14. The van der Waals surface area contributed by atoms with Gasteiger partial charge < -0.3 is 4.74 Å². The van der Waals surface area contributed by atoms with Gasteiger partial charge in [0.2, 0.25) is 0 Å². The van der Waals surface area contributed by atoms with Gasteiger partial charge in [0.15, 0.2) is 0 Å². The van der Waals surface area contributed by atoms with Gasteiger partial charge in [0.1, 0.15) is 12.4 Å². The second-order valence-corrected chi connectivity index (χ2v) is 5.74. The molecule has 2 heterocycles. The van der Waals surface area contributed by atoms with Crippen LogP contribution in [0.5, 0.6) is 5.75 Å². The lowest BCUT2D eigenvalue weighted by Gasteiger charge is -2.16. The molecule has 0 saturated carbocycles. The summed E-state index contributed by atoms with van der Waals surface area (Å²) in [4.78, 5) is 12.7. The van der Waals surface area contributed by atoms with E-state index in [0.29, 0.717) is 17.9 Å². The summed E-state index contributed by atoms with van der Waals surface area (Å²) >= 11 is 0. The molecule has 0 spiro atoms. The van der Waals surface area contributed by atoms with Crippen LogP contribution in [0, 0.1) is 0 Å². The van der Waals surface area contributed by atoms with E-state index in [-0.39, 0.29) is 5.91 Å². The van der Waals surface area contributed by atoms with Gasteiger partial charge in [-0.05, 0) is 42.8 Å². The van der Waals surface area contributed by atoms with Crippen LogP contribution in [0.4, 0.5) is 5.69 Å². The van der Waals surface area contributed by atoms with E-state index in [9.17, 15) is 4.79 Å². The molecule has 4 nitrogen and oxygen atoms in total. The smallest absolute Gasteiger partial charge is 0.280 e. The molecule has 4 rings (SSSR count). The number of rotatable bonds is 2. The van der Waals surface area contributed by atoms with Crippen LogP contribution >= 0.6 is 0 Å². The Morgan fingerprint density at radius 1 is 1.08 bits per heavy atom. The van der Waals surface area contributed by atoms with Crippen molar-refractivity contribution < 1.29 is 9.53 Å². The van der Waals surface area contributed by atoms with E-state index >= 15 is 0 Å². The molecule has 0 saturated heterocycles. The van der Waals surface area contributed by atoms with Crippen LogP contribution in [-0.4, -0.2) is 18.2 Å². The van der Waals surface area contributed by atoms with E-state index in [1.807, 2.05) is 67.6 Å². The molecule has 24 heavy (non-hydrogen) atoms. The molecule has 2 aromatic carbocycles. The normalized spacial score (nSPS) is 18.1. The molecule has 2 aliphatic heterocycles. The fourth-order valence-electron chi connectivity index (χ4n) is 2.83. The topological polar surface area (TPSA) is 41.9 Å². The van der Waals surface area contributed by atoms with Crippen molar-refractivity contribution in [1.29, 1.82) is 0 Å². The first-order valence-corrected chi connectivity index (χ1v) is 7.81. The molecule has 0 unspecified atom stereocenters. The monoisotopic (exact) mass is 316 g/mol. The number of ether oxygens (including phenoxy) is 1. The second-order valence-electron chi connectivity index (χ2n) is 5.74. The Labute approximate surface area is 140 Å². The zero-order chi connectivity index (χ0) is 16.5. The second kappa shape index (κ2) is 5.81. The Kier molecular flexibility index (Phi) is 3.50. The summed E-state index contributed by atoms with van der Waals surface area (Å²) in [5.74, 6) is 0.757. The third-order valence-corrected chi connectivity index (χ3v) is 4.05. The number of anilines is 1. The zero-order valence-corrected chi connectivity index (χ0v) is 13.3. The molecule has 0 atom stereocenters. The van der Waals surface area contributed by atoms with Crippen molar-refractivity contribution in [3.8, 4) is 5.75 Å². The molecule has 0 aromatic heterocycles. The molecular formula is C20H16N2O2. The summed E-state index contributed by atoms with van der Waals surface area (Å²) in [7, 11) is 0. The summed E-state index contributed by atoms with van der Waals surface area (Å²) in [5.41, 5.74) is 4.07. The largest absolute Gasteiger partial charge is 0.488 e. The maximum Gasteiger partial charge on any atom is 0.280 e. The van der Waals surface area contributed by atoms with Gasteiger partial charge in [0.05, 0.1) is 17.0 Å². The Balaban J connectivity index is 1.66. The first-order chi connectivity index (χ1) is 11.7. The highest BCUT2D eigenvalue weighted by Crippen LogP contribution is 2.28. The number of fused-ring (bicyclic) bond motifs is 1. The van der Waals surface area contributed by atoms with E-state index in [0.717, 1.165) is 22.6 Å². The van der Waals surface area contributed by atoms with E-state index in [2.05, 4.69) is 11.2 Å². The van der Waals surface area contributed by atoms with Crippen LogP contribution in [0.3, 0.4) is 0 Å². The Morgan fingerprint density at radius 3 is 2.67 bits per heavy atom. The predicted molar refractivity (Wildman–Crippen MR) is 95.0 cm³/mol. The highest BCUT2D eigenvalue weighted by molar-refractivity contribution is 6.30. The van der Waals surface area contributed by atoms with Crippen LogP contribution in [0.25, 0.3) is 6.08 Å². The molecule has 0 N–H and O–H groups in total. The van der Waals surface area contributed by atoms with Crippen molar-refractivity contribution >= 4 is 23.4 Å². The Bertz CT molecular complexity index is 895. The zero-order valence-electron chi connectivity index (χ0n) is 13.3. The standard InChI is InChI=1S/C20H16N2O2/c1-14-18(20(23)22(21-14)17-8-3-2-4-9-17)12-15-11-16-7-5-6-10-19(16)24-13-15/h2-12H,13H2,1H3/b18-12+. The third-order valence-electron chi connectivity index (χ3n) is 4.05. The van der Waals surface area contributed by atoms with Crippen molar-refractivity contribution in [2.75, 3.05) is 11.6 Å². The fourth-order valence-corrected chi connectivity index (χ4v) is 2.83. The lowest BCUT2D eigenvalue weighted by atomic mass is 10.0. The summed E-state index contributed by atoms with van der Waals surface area (Å²) in [6.07, 6.45) is 3.93. The molecule has 0 aliphatic carbocycles. The van der Waals surface area contributed by atoms with Gasteiger partial charge in [0.25, 0.3) is 5.91 Å². The molecule has 118 valence electrons.